The second-order valence-electron chi connectivity index (χ2n) is 8.39. The van der Waals surface area contributed by atoms with Crippen molar-refractivity contribution in [3.8, 4) is 5.69 Å². The molecule has 3 aromatic heterocycles. The van der Waals surface area contributed by atoms with E-state index in [-0.39, 0.29) is 11.2 Å². The van der Waals surface area contributed by atoms with Crippen LogP contribution in [-0.4, -0.2) is 9.55 Å². The molecule has 3 heterocycles. The fourth-order valence-electron chi connectivity index (χ4n) is 4.19. The van der Waals surface area contributed by atoms with Crippen LogP contribution in [0, 0.1) is 6.92 Å². The third-order valence-corrected chi connectivity index (χ3v) is 7.86. The first-order valence-electron chi connectivity index (χ1n) is 10.8. The van der Waals surface area contributed by atoms with E-state index in [9.17, 15) is 9.59 Å². The van der Waals surface area contributed by atoms with Crippen LogP contribution in [0.2, 0.25) is 0 Å². The predicted molar refractivity (Wildman–Crippen MR) is 134 cm³/mol. The van der Waals surface area contributed by atoms with Gasteiger partial charge in [-0.05, 0) is 66.0 Å². The van der Waals surface area contributed by atoms with Crippen molar-refractivity contribution in [3.05, 3.63) is 97.4 Å². The quantitative estimate of drug-likeness (QED) is 0.177. The van der Waals surface area contributed by atoms with Crippen LogP contribution in [-0.2, 0) is 5.75 Å². The van der Waals surface area contributed by atoms with Gasteiger partial charge in [-0.3, -0.25) is 9.36 Å². The van der Waals surface area contributed by atoms with Crippen LogP contribution in [0.5, 0.6) is 0 Å². The number of thiophene rings is 1. The topological polar surface area (TPSA) is 65.1 Å². The van der Waals surface area contributed by atoms with E-state index in [1.54, 1.807) is 4.57 Å². The minimum atomic E-state index is -0.375. The third kappa shape index (κ3) is 3.71. The number of aromatic nitrogens is 2. The molecule has 0 N–H and O–H groups in total. The Labute approximate surface area is 197 Å². The molecule has 1 aliphatic carbocycles. The third-order valence-electron chi connectivity index (χ3n) is 5.98. The van der Waals surface area contributed by atoms with Crippen molar-refractivity contribution in [1.82, 2.24) is 9.55 Å². The van der Waals surface area contributed by atoms with E-state index < -0.39 is 0 Å². The van der Waals surface area contributed by atoms with Crippen molar-refractivity contribution in [2.24, 2.45) is 0 Å². The number of para-hydroxylation sites is 1. The lowest BCUT2D eigenvalue weighted by Gasteiger charge is -2.13. The molecular formula is C26H20N2O3S2. The smallest absolute Gasteiger partial charge is 0.336 e. The maximum absolute atomic E-state index is 13.7. The second-order valence-corrected chi connectivity index (χ2v) is 10.2. The predicted octanol–water partition coefficient (Wildman–Crippen LogP) is 6.03. The molecule has 6 rings (SSSR count). The minimum absolute atomic E-state index is 0.0232. The average molecular weight is 473 g/mol. The average Bonchev–Trinajstić information content (AvgIpc) is 3.56. The number of rotatable bonds is 5. The summed E-state index contributed by atoms with van der Waals surface area (Å²) in [6.45, 7) is 1.97. The number of fused-ring (bicyclic) bond motifs is 2. The molecule has 7 heteroatoms. The molecule has 0 amide bonds. The molecule has 0 bridgehead atoms. The Hall–Kier alpha value is -3.16. The zero-order valence-electron chi connectivity index (χ0n) is 17.9. The molecule has 0 unspecified atom stereocenters. The van der Waals surface area contributed by atoms with Crippen LogP contribution in [0.25, 0.3) is 26.9 Å². The molecule has 2 aromatic carbocycles. The zero-order valence-corrected chi connectivity index (χ0v) is 19.5. The van der Waals surface area contributed by atoms with Crippen LogP contribution in [0.3, 0.4) is 0 Å². The molecule has 164 valence electrons. The molecule has 0 atom stereocenters. The van der Waals surface area contributed by atoms with Crippen LogP contribution < -0.4 is 11.2 Å². The van der Waals surface area contributed by atoms with Crippen LogP contribution in [0.1, 0.15) is 35.4 Å². The Bertz CT molecular complexity index is 1630. The van der Waals surface area contributed by atoms with E-state index >= 15 is 0 Å². The number of benzene rings is 2. The van der Waals surface area contributed by atoms with Crippen molar-refractivity contribution >= 4 is 44.3 Å². The summed E-state index contributed by atoms with van der Waals surface area (Å²) in [7, 11) is 0. The van der Waals surface area contributed by atoms with Gasteiger partial charge in [0, 0.05) is 17.2 Å². The fourth-order valence-corrected chi connectivity index (χ4v) is 6.25. The highest BCUT2D eigenvalue weighted by molar-refractivity contribution is 7.98. The van der Waals surface area contributed by atoms with Crippen molar-refractivity contribution in [1.29, 1.82) is 0 Å². The summed E-state index contributed by atoms with van der Waals surface area (Å²) >= 11 is 3.00. The van der Waals surface area contributed by atoms with Gasteiger partial charge < -0.3 is 4.42 Å². The van der Waals surface area contributed by atoms with Crippen LogP contribution in [0.15, 0.2) is 79.1 Å². The maximum atomic E-state index is 13.7. The van der Waals surface area contributed by atoms with Gasteiger partial charge in [0.05, 0.1) is 11.1 Å². The summed E-state index contributed by atoms with van der Waals surface area (Å²) in [5.74, 6) is 0.978. The molecule has 0 saturated heterocycles. The van der Waals surface area contributed by atoms with E-state index in [0.717, 1.165) is 50.8 Å². The molecule has 33 heavy (non-hydrogen) atoms. The van der Waals surface area contributed by atoms with E-state index in [2.05, 4.69) is 5.38 Å². The molecule has 0 radical (unpaired) electrons. The molecule has 5 aromatic rings. The number of hydrogen-bond donors (Lipinski definition) is 0. The first-order chi connectivity index (χ1) is 16.1. The van der Waals surface area contributed by atoms with Gasteiger partial charge in [0.25, 0.3) is 5.56 Å². The van der Waals surface area contributed by atoms with Crippen molar-refractivity contribution in [2.45, 2.75) is 36.6 Å². The van der Waals surface area contributed by atoms with Gasteiger partial charge in [-0.2, -0.15) is 0 Å². The van der Waals surface area contributed by atoms with Gasteiger partial charge >= 0.3 is 5.63 Å². The number of nitrogens with zero attached hydrogens (tertiary/aromatic N) is 2. The summed E-state index contributed by atoms with van der Waals surface area (Å²) in [5, 5.41) is 4.36. The standard InChI is InChI=1S/C26H20N2O3S2/c1-15-7-10-19-17(12-22(29)31-21(19)11-15)13-33-26-27-24-23(20(14-32-24)16-8-9-16)25(30)28(26)18-5-3-2-4-6-18/h2-7,10-12,14,16H,8-9,13H2,1H3. The lowest BCUT2D eigenvalue weighted by molar-refractivity contribution is 0.559. The first kappa shape index (κ1) is 20.4. The minimum Gasteiger partial charge on any atom is -0.423 e. The molecule has 1 fully saturated rings. The Morgan fingerprint density at radius 2 is 1.94 bits per heavy atom. The van der Waals surface area contributed by atoms with Gasteiger partial charge in [0.2, 0.25) is 0 Å². The second kappa shape index (κ2) is 8.01. The lowest BCUT2D eigenvalue weighted by atomic mass is 10.1. The van der Waals surface area contributed by atoms with E-state index in [4.69, 9.17) is 9.40 Å². The van der Waals surface area contributed by atoms with Crippen LogP contribution >= 0.6 is 23.1 Å². The summed E-state index contributed by atoms with van der Waals surface area (Å²) in [5.41, 5.74) is 4.00. The monoisotopic (exact) mass is 472 g/mol. The normalized spacial score (nSPS) is 13.7. The highest BCUT2D eigenvalue weighted by Gasteiger charge is 2.29. The highest BCUT2D eigenvalue weighted by atomic mass is 32.2. The van der Waals surface area contributed by atoms with Crippen molar-refractivity contribution < 1.29 is 4.42 Å². The Kier molecular flexibility index (Phi) is 4.96. The fraction of sp³-hybridized carbons (Fsp3) is 0.192. The molecule has 5 nitrogen and oxygen atoms in total. The summed E-state index contributed by atoms with van der Waals surface area (Å²) in [6.07, 6.45) is 2.27. The maximum Gasteiger partial charge on any atom is 0.336 e. The van der Waals surface area contributed by atoms with E-state index in [1.807, 2.05) is 55.5 Å². The van der Waals surface area contributed by atoms with Gasteiger partial charge in [-0.15, -0.1) is 11.3 Å². The summed E-state index contributed by atoms with van der Waals surface area (Å²) < 4.78 is 7.11. The Morgan fingerprint density at radius 1 is 1.12 bits per heavy atom. The van der Waals surface area contributed by atoms with Crippen LogP contribution in [0.4, 0.5) is 0 Å². The molecular weight excluding hydrogens is 452 g/mol. The zero-order chi connectivity index (χ0) is 22.5. The largest absolute Gasteiger partial charge is 0.423 e. The summed E-state index contributed by atoms with van der Waals surface area (Å²) in [4.78, 5) is 31.6. The van der Waals surface area contributed by atoms with Gasteiger partial charge in [-0.1, -0.05) is 42.1 Å². The number of aryl methyl sites for hydroxylation is 1. The molecule has 0 spiro atoms. The molecule has 1 saturated carbocycles. The SMILES string of the molecule is Cc1ccc2c(CSc3nc4scc(C5CC5)c4c(=O)n3-c3ccccc3)cc(=O)oc2c1. The first-order valence-corrected chi connectivity index (χ1v) is 12.7. The van der Waals surface area contributed by atoms with E-state index in [0.29, 0.717) is 22.4 Å². The Morgan fingerprint density at radius 3 is 2.73 bits per heavy atom. The molecule has 1 aliphatic rings. The van der Waals surface area contributed by atoms with Gasteiger partial charge in [-0.25, -0.2) is 9.78 Å². The molecule has 0 aliphatic heterocycles. The van der Waals surface area contributed by atoms with E-state index in [1.165, 1.54) is 29.2 Å². The number of thioether (sulfide) groups is 1. The lowest BCUT2D eigenvalue weighted by Crippen LogP contribution is -2.21. The van der Waals surface area contributed by atoms with Gasteiger partial charge in [0.1, 0.15) is 10.4 Å². The van der Waals surface area contributed by atoms with Crippen molar-refractivity contribution in [3.63, 3.8) is 0 Å². The highest BCUT2D eigenvalue weighted by Crippen LogP contribution is 2.44. The Balaban J connectivity index is 1.48. The van der Waals surface area contributed by atoms with Crippen molar-refractivity contribution in [2.75, 3.05) is 0 Å². The number of hydrogen-bond acceptors (Lipinski definition) is 6. The summed E-state index contributed by atoms with van der Waals surface area (Å²) in [6, 6.07) is 17.0. The van der Waals surface area contributed by atoms with Gasteiger partial charge in [0.15, 0.2) is 5.16 Å².